The van der Waals surface area contributed by atoms with Gasteiger partial charge >= 0.3 is 0 Å². The van der Waals surface area contributed by atoms with Crippen LogP contribution in [0.5, 0.6) is 11.5 Å². The van der Waals surface area contributed by atoms with Crippen LogP contribution in [0.2, 0.25) is 0 Å². The summed E-state index contributed by atoms with van der Waals surface area (Å²) in [7, 11) is 0. The molecule has 39 heavy (non-hydrogen) atoms. The van der Waals surface area contributed by atoms with Gasteiger partial charge in [0.1, 0.15) is 11.5 Å². The minimum absolute atomic E-state index is 0.00649. The van der Waals surface area contributed by atoms with Gasteiger partial charge in [-0.15, -0.1) is 0 Å². The fraction of sp³-hybridized carbons (Fsp3) is 0.310. The topological polar surface area (TPSA) is 95.6 Å². The Hall–Kier alpha value is -2.56. The van der Waals surface area contributed by atoms with Crippen LogP contribution in [0.4, 0.5) is 11.4 Å². The fourth-order valence-corrected chi connectivity index (χ4v) is 6.02. The van der Waals surface area contributed by atoms with Gasteiger partial charge in [0.2, 0.25) is 0 Å². The van der Waals surface area contributed by atoms with E-state index >= 15 is 0 Å². The first-order chi connectivity index (χ1) is 18.2. The molecule has 0 radical (unpaired) electrons. The number of halogens is 3. The number of hydrogen-bond acceptors (Lipinski definition) is 6. The number of phenols is 1. The number of carbonyl (C=O) groups is 1. The van der Waals surface area contributed by atoms with Crippen LogP contribution in [-0.4, -0.2) is 23.8 Å². The van der Waals surface area contributed by atoms with Gasteiger partial charge in [0.05, 0.1) is 26.5 Å². The zero-order valence-electron chi connectivity index (χ0n) is 22.4. The van der Waals surface area contributed by atoms with Gasteiger partial charge in [-0.25, -0.2) is 5.43 Å². The number of phenolic OH excluding ortho intramolecular Hbond substituents is 1. The molecule has 0 aliphatic heterocycles. The Balaban J connectivity index is 1.61. The number of benzene rings is 3. The second-order valence-electron chi connectivity index (χ2n) is 10.9. The van der Waals surface area contributed by atoms with Crippen molar-refractivity contribution >= 4 is 71.3 Å². The Morgan fingerprint density at radius 1 is 0.949 bits per heavy atom. The predicted octanol–water partition coefficient (Wildman–Crippen LogP) is 9.34. The summed E-state index contributed by atoms with van der Waals surface area (Å²) >= 11 is 10.6. The van der Waals surface area contributed by atoms with Crippen LogP contribution in [-0.2, 0) is 10.2 Å². The van der Waals surface area contributed by atoms with E-state index in [2.05, 4.69) is 103 Å². The lowest BCUT2D eigenvalue weighted by molar-refractivity contribution is -0.123. The van der Waals surface area contributed by atoms with Crippen molar-refractivity contribution in [1.29, 1.82) is 0 Å². The molecule has 0 atom stereocenters. The third-order valence-electron chi connectivity index (χ3n) is 5.59. The van der Waals surface area contributed by atoms with Gasteiger partial charge in [0.15, 0.2) is 6.61 Å². The van der Waals surface area contributed by atoms with Gasteiger partial charge in [0, 0.05) is 10.0 Å². The number of rotatable bonds is 9. The van der Waals surface area contributed by atoms with Gasteiger partial charge < -0.3 is 9.84 Å². The van der Waals surface area contributed by atoms with Gasteiger partial charge in [0.25, 0.3) is 5.91 Å². The molecule has 1 amide bonds. The Labute approximate surface area is 254 Å². The predicted molar refractivity (Wildman–Crippen MR) is 167 cm³/mol. The highest BCUT2D eigenvalue weighted by Crippen LogP contribution is 2.42. The quantitative estimate of drug-likeness (QED) is 0.131. The Morgan fingerprint density at radius 3 is 2.21 bits per heavy atom. The van der Waals surface area contributed by atoms with Gasteiger partial charge in [-0.1, -0.05) is 56.6 Å². The summed E-state index contributed by atoms with van der Waals surface area (Å²) in [6, 6.07) is 16.2. The summed E-state index contributed by atoms with van der Waals surface area (Å²) in [5.41, 5.74) is 5.29. The molecular formula is C29H31Br3N4O3. The molecule has 0 aromatic heterocycles. The SMILES string of the molecule is CC(C)(C)CC(C)(C)c1cc(Br)c(OCC(=O)N/N=C/c2cc(N=Nc3cccc(Br)c3)ccc2O)c(Br)c1. The lowest BCUT2D eigenvalue weighted by Gasteiger charge is -2.33. The molecule has 0 aliphatic rings. The molecule has 7 nitrogen and oxygen atoms in total. The van der Waals surface area contributed by atoms with Gasteiger partial charge in [-0.05, 0) is 103 Å². The molecule has 0 saturated carbocycles. The highest BCUT2D eigenvalue weighted by atomic mass is 79.9. The molecule has 3 aromatic rings. The summed E-state index contributed by atoms with van der Waals surface area (Å²) in [6.45, 7) is 10.9. The molecule has 0 heterocycles. The third kappa shape index (κ3) is 9.54. The van der Waals surface area contributed by atoms with E-state index in [9.17, 15) is 9.90 Å². The van der Waals surface area contributed by atoms with Crippen LogP contribution in [0, 0.1) is 5.41 Å². The number of nitrogens with zero attached hydrogens (tertiary/aromatic N) is 3. The van der Waals surface area contributed by atoms with E-state index in [-0.39, 0.29) is 23.2 Å². The van der Waals surface area contributed by atoms with Crippen LogP contribution >= 0.6 is 47.8 Å². The fourth-order valence-electron chi connectivity index (χ4n) is 4.22. The summed E-state index contributed by atoms with van der Waals surface area (Å²) in [4.78, 5) is 12.4. The molecule has 0 spiro atoms. The Kier molecular flexibility index (Phi) is 10.5. The highest BCUT2D eigenvalue weighted by Gasteiger charge is 2.28. The zero-order chi connectivity index (χ0) is 28.8. The van der Waals surface area contributed by atoms with E-state index in [0.29, 0.717) is 22.7 Å². The third-order valence-corrected chi connectivity index (χ3v) is 7.26. The van der Waals surface area contributed by atoms with Crippen molar-refractivity contribution in [3.8, 4) is 11.5 Å². The number of hydrogen-bond donors (Lipinski definition) is 2. The van der Waals surface area contributed by atoms with Gasteiger partial charge in [-0.3, -0.25) is 4.79 Å². The van der Waals surface area contributed by atoms with Crippen molar-refractivity contribution in [2.75, 3.05) is 6.61 Å². The van der Waals surface area contributed by atoms with E-state index in [1.807, 2.05) is 36.4 Å². The van der Waals surface area contributed by atoms with Crippen LogP contribution in [0.3, 0.4) is 0 Å². The molecule has 10 heteroatoms. The molecule has 0 saturated heterocycles. The molecule has 0 fully saturated rings. The number of carbonyl (C=O) groups excluding carboxylic acids is 1. The van der Waals surface area contributed by atoms with Crippen molar-refractivity contribution in [2.45, 2.75) is 46.5 Å². The second kappa shape index (κ2) is 13.2. The van der Waals surface area contributed by atoms with Crippen molar-refractivity contribution in [3.05, 3.63) is 79.1 Å². The average Bonchev–Trinajstić information content (AvgIpc) is 2.82. The Bertz CT molecular complexity index is 1380. The number of hydrazone groups is 1. The van der Waals surface area contributed by atoms with Crippen molar-refractivity contribution in [2.24, 2.45) is 20.7 Å². The molecule has 3 rings (SSSR count). The average molecular weight is 723 g/mol. The maximum absolute atomic E-state index is 12.4. The molecule has 3 aromatic carbocycles. The van der Waals surface area contributed by atoms with Gasteiger partial charge in [-0.2, -0.15) is 15.3 Å². The minimum Gasteiger partial charge on any atom is -0.507 e. The monoisotopic (exact) mass is 720 g/mol. The summed E-state index contributed by atoms with van der Waals surface area (Å²) < 4.78 is 8.17. The van der Waals surface area contributed by atoms with Crippen LogP contribution in [0.15, 0.2) is 83.3 Å². The maximum Gasteiger partial charge on any atom is 0.277 e. The van der Waals surface area contributed by atoms with Crippen molar-refractivity contribution < 1.29 is 14.6 Å². The zero-order valence-corrected chi connectivity index (χ0v) is 27.2. The summed E-state index contributed by atoms with van der Waals surface area (Å²) in [5, 5.41) is 22.5. The molecule has 0 bridgehead atoms. The number of nitrogens with one attached hydrogen (secondary N) is 1. The highest BCUT2D eigenvalue weighted by molar-refractivity contribution is 9.11. The Morgan fingerprint density at radius 2 is 1.59 bits per heavy atom. The number of ether oxygens (including phenoxy) is 1. The smallest absolute Gasteiger partial charge is 0.277 e. The van der Waals surface area contributed by atoms with E-state index in [0.717, 1.165) is 25.4 Å². The first-order valence-corrected chi connectivity index (χ1v) is 14.6. The standard InChI is InChI=1S/C29H31Br3N4O3/c1-28(2,3)17-29(4,5)19-12-23(31)27(24(32)13-19)39-16-26(38)36-33-15-18-11-22(9-10-25(18)37)35-34-21-8-6-7-20(30)14-21/h6-15,37H,16-17H2,1-5H3,(H,36,38)/b33-15+,35-34?. The van der Waals surface area contributed by atoms with Crippen LogP contribution in [0.25, 0.3) is 0 Å². The molecular weight excluding hydrogens is 692 g/mol. The van der Waals surface area contributed by atoms with Crippen molar-refractivity contribution in [1.82, 2.24) is 5.43 Å². The van der Waals surface area contributed by atoms with E-state index in [1.165, 1.54) is 12.3 Å². The first kappa shape index (κ1) is 31.0. The maximum atomic E-state index is 12.4. The van der Waals surface area contributed by atoms with Crippen LogP contribution < -0.4 is 10.2 Å². The molecule has 2 N–H and O–H groups in total. The first-order valence-electron chi connectivity index (χ1n) is 12.2. The number of amides is 1. The van der Waals surface area contributed by atoms with Crippen molar-refractivity contribution in [3.63, 3.8) is 0 Å². The molecule has 0 aliphatic carbocycles. The van der Waals surface area contributed by atoms with E-state index in [1.54, 1.807) is 12.1 Å². The molecule has 206 valence electrons. The van der Waals surface area contributed by atoms with E-state index < -0.39 is 5.91 Å². The minimum atomic E-state index is -0.452. The normalized spacial score (nSPS) is 12.3. The summed E-state index contributed by atoms with van der Waals surface area (Å²) in [6.07, 6.45) is 2.34. The number of azo groups is 1. The lowest BCUT2D eigenvalue weighted by atomic mass is 9.72. The summed E-state index contributed by atoms with van der Waals surface area (Å²) in [5.74, 6) is 0.0748. The molecule has 0 unspecified atom stereocenters. The van der Waals surface area contributed by atoms with E-state index in [4.69, 9.17) is 4.74 Å². The lowest BCUT2D eigenvalue weighted by Crippen LogP contribution is -2.26. The number of aromatic hydroxyl groups is 1. The van der Waals surface area contributed by atoms with Crippen LogP contribution in [0.1, 0.15) is 52.2 Å². The largest absolute Gasteiger partial charge is 0.507 e. The second-order valence-corrected chi connectivity index (χ2v) is 13.5.